The molecule has 1 aromatic carbocycles. The molecular weight excluding hydrogens is 276 g/mol. The van der Waals surface area contributed by atoms with Gasteiger partial charge in [0.25, 0.3) is 0 Å². The van der Waals surface area contributed by atoms with Crippen molar-refractivity contribution in [3.05, 3.63) is 52.6 Å². The predicted molar refractivity (Wildman–Crippen MR) is 85.7 cm³/mol. The van der Waals surface area contributed by atoms with E-state index in [1.807, 2.05) is 6.08 Å². The first-order valence-corrected chi connectivity index (χ1v) is 7.97. The Morgan fingerprint density at radius 1 is 0.909 bits per heavy atom. The number of ketones is 2. The van der Waals surface area contributed by atoms with Crippen molar-refractivity contribution in [3.8, 4) is 0 Å². The van der Waals surface area contributed by atoms with E-state index in [1.165, 1.54) is 31.3 Å². The molecule has 0 aromatic heterocycles. The Morgan fingerprint density at radius 2 is 1.55 bits per heavy atom. The van der Waals surface area contributed by atoms with Gasteiger partial charge in [-0.05, 0) is 32.1 Å². The van der Waals surface area contributed by atoms with Crippen LogP contribution < -0.4 is 0 Å². The van der Waals surface area contributed by atoms with Gasteiger partial charge >= 0.3 is 0 Å². The molecule has 0 spiro atoms. The normalized spacial score (nSPS) is 19.0. The first-order chi connectivity index (χ1) is 10.7. The Morgan fingerprint density at radius 3 is 2.23 bits per heavy atom. The molecule has 3 heteroatoms. The van der Waals surface area contributed by atoms with Crippen LogP contribution in [0.25, 0.3) is 5.76 Å². The van der Waals surface area contributed by atoms with E-state index in [-0.39, 0.29) is 11.3 Å². The van der Waals surface area contributed by atoms with Crippen molar-refractivity contribution in [2.75, 3.05) is 0 Å². The molecule has 1 fully saturated rings. The lowest BCUT2D eigenvalue weighted by Crippen LogP contribution is -2.23. The summed E-state index contributed by atoms with van der Waals surface area (Å²) >= 11 is 0. The zero-order valence-corrected chi connectivity index (χ0v) is 12.6. The molecule has 0 radical (unpaired) electrons. The van der Waals surface area contributed by atoms with Crippen LogP contribution in [0.5, 0.6) is 0 Å². The molecular formula is C19H20O3. The molecule has 2 aliphatic carbocycles. The van der Waals surface area contributed by atoms with Gasteiger partial charge in [-0.3, -0.25) is 9.59 Å². The van der Waals surface area contributed by atoms with Crippen LogP contribution in [0.2, 0.25) is 0 Å². The molecule has 0 saturated heterocycles. The fraction of sp³-hybridized carbons (Fsp3) is 0.368. The predicted octanol–water partition coefficient (Wildman–Crippen LogP) is 4.39. The van der Waals surface area contributed by atoms with Crippen molar-refractivity contribution in [2.45, 2.75) is 44.9 Å². The number of aliphatic hydroxyl groups is 1. The molecule has 3 nitrogen and oxygen atoms in total. The van der Waals surface area contributed by atoms with Crippen molar-refractivity contribution in [1.29, 1.82) is 0 Å². The van der Waals surface area contributed by atoms with Crippen LogP contribution in [0.4, 0.5) is 0 Å². The zero-order chi connectivity index (χ0) is 15.5. The van der Waals surface area contributed by atoms with E-state index in [2.05, 4.69) is 0 Å². The van der Waals surface area contributed by atoms with Gasteiger partial charge in [-0.25, -0.2) is 0 Å². The van der Waals surface area contributed by atoms with E-state index >= 15 is 0 Å². The average Bonchev–Trinajstić information content (AvgIpc) is 2.81. The van der Waals surface area contributed by atoms with Crippen LogP contribution in [-0.2, 0) is 4.79 Å². The highest BCUT2D eigenvalue weighted by molar-refractivity contribution is 6.52. The monoisotopic (exact) mass is 296 g/mol. The molecule has 0 unspecified atom stereocenters. The van der Waals surface area contributed by atoms with Crippen LogP contribution in [0, 0.1) is 0 Å². The second-order valence-corrected chi connectivity index (χ2v) is 6.01. The number of hydrogen-bond donors (Lipinski definition) is 1. The number of hydrogen-bond acceptors (Lipinski definition) is 3. The van der Waals surface area contributed by atoms with Crippen molar-refractivity contribution in [1.82, 2.24) is 0 Å². The molecule has 1 aromatic rings. The number of benzene rings is 1. The number of carbonyl (C=O) groups excluding carboxylic acids is 2. The van der Waals surface area contributed by atoms with E-state index in [9.17, 15) is 14.7 Å². The van der Waals surface area contributed by atoms with E-state index < -0.39 is 11.6 Å². The maximum Gasteiger partial charge on any atom is 0.234 e. The quantitative estimate of drug-likeness (QED) is 0.500. The third-order valence-electron chi connectivity index (χ3n) is 4.53. The number of allylic oxidation sites excluding steroid dienone is 3. The first kappa shape index (κ1) is 14.8. The Balaban J connectivity index is 1.90. The topological polar surface area (TPSA) is 54.4 Å². The number of fused-ring (bicyclic) bond motifs is 1. The molecule has 1 saturated carbocycles. The minimum Gasteiger partial charge on any atom is -0.507 e. The SMILES string of the molecule is O=C1C(=O)c2ccccc2C(O)=C1CC=C1CCCCCC1. The molecule has 22 heavy (non-hydrogen) atoms. The Kier molecular flexibility index (Phi) is 4.23. The smallest absolute Gasteiger partial charge is 0.234 e. The van der Waals surface area contributed by atoms with E-state index in [1.54, 1.807) is 24.3 Å². The molecule has 0 aliphatic heterocycles. The summed E-state index contributed by atoms with van der Waals surface area (Å²) in [5.74, 6) is -1.12. The van der Waals surface area contributed by atoms with Gasteiger partial charge < -0.3 is 5.11 Å². The number of aliphatic hydroxyl groups excluding tert-OH is 1. The maximum absolute atomic E-state index is 12.2. The average molecular weight is 296 g/mol. The third-order valence-corrected chi connectivity index (χ3v) is 4.53. The number of rotatable bonds is 2. The van der Waals surface area contributed by atoms with Crippen LogP contribution in [0.3, 0.4) is 0 Å². The Hall–Kier alpha value is -2.16. The molecule has 0 amide bonds. The standard InChI is InChI=1S/C19H20O3/c20-17-14-9-5-6-10-15(14)18(21)19(22)16(17)12-11-13-7-3-1-2-4-8-13/h5-6,9-11,20H,1-4,7-8,12H2. The second kappa shape index (κ2) is 6.30. The van der Waals surface area contributed by atoms with Gasteiger partial charge in [-0.2, -0.15) is 0 Å². The van der Waals surface area contributed by atoms with Gasteiger partial charge in [0.1, 0.15) is 5.76 Å². The highest BCUT2D eigenvalue weighted by atomic mass is 16.3. The third kappa shape index (κ3) is 2.76. The fourth-order valence-electron chi connectivity index (χ4n) is 3.24. The lowest BCUT2D eigenvalue weighted by atomic mass is 9.86. The fourth-order valence-corrected chi connectivity index (χ4v) is 3.24. The zero-order valence-electron chi connectivity index (χ0n) is 12.6. The largest absolute Gasteiger partial charge is 0.507 e. The van der Waals surface area contributed by atoms with E-state index in [0.717, 1.165) is 12.8 Å². The molecule has 0 bridgehead atoms. The summed E-state index contributed by atoms with van der Waals surface area (Å²) < 4.78 is 0. The molecule has 114 valence electrons. The van der Waals surface area contributed by atoms with Crippen molar-refractivity contribution in [2.24, 2.45) is 0 Å². The van der Waals surface area contributed by atoms with Gasteiger partial charge in [0.05, 0.1) is 0 Å². The Bertz CT molecular complexity index is 670. The minimum atomic E-state index is -0.568. The summed E-state index contributed by atoms with van der Waals surface area (Å²) in [7, 11) is 0. The lowest BCUT2D eigenvalue weighted by Gasteiger charge is -2.17. The molecule has 1 N–H and O–H groups in total. The minimum absolute atomic E-state index is 0.0364. The summed E-state index contributed by atoms with van der Waals surface area (Å²) in [6.45, 7) is 0. The highest BCUT2D eigenvalue weighted by Crippen LogP contribution is 2.30. The summed E-state index contributed by atoms with van der Waals surface area (Å²) in [6.07, 6.45) is 9.40. The summed E-state index contributed by atoms with van der Waals surface area (Å²) in [4.78, 5) is 24.4. The van der Waals surface area contributed by atoms with Crippen LogP contribution in [-0.4, -0.2) is 16.7 Å². The van der Waals surface area contributed by atoms with Crippen LogP contribution >= 0.6 is 0 Å². The van der Waals surface area contributed by atoms with Crippen molar-refractivity contribution in [3.63, 3.8) is 0 Å². The summed E-state index contributed by atoms with van der Waals surface area (Å²) in [5, 5.41) is 10.4. The molecule has 3 rings (SSSR count). The molecule has 0 heterocycles. The lowest BCUT2D eigenvalue weighted by molar-refractivity contribution is -0.112. The van der Waals surface area contributed by atoms with Gasteiger partial charge in [-0.1, -0.05) is 48.8 Å². The Labute approximate surface area is 130 Å². The van der Waals surface area contributed by atoms with Crippen LogP contribution in [0.1, 0.15) is 60.9 Å². The van der Waals surface area contributed by atoms with Gasteiger partial charge in [0.15, 0.2) is 0 Å². The van der Waals surface area contributed by atoms with Gasteiger partial charge in [-0.15, -0.1) is 0 Å². The molecule has 2 aliphatic rings. The van der Waals surface area contributed by atoms with Gasteiger partial charge in [0.2, 0.25) is 11.6 Å². The van der Waals surface area contributed by atoms with E-state index in [0.29, 0.717) is 17.5 Å². The van der Waals surface area contributed by atoms with Crippen LogP contribution in [0.15, 0.2) is 41.5 Å². The second-order valence-electron chi connectivity index (χ2n) is 6.01. The molecule has 0 atom stereocenters. The number of carbonyl (C=O) groups is 2. The van der Waals surface area contributed by atoms with Crippen molar-refractivity contribution < 1.29 is 14.7 Å². The van der Waals surface area contributed by atoms with Gasteiger partial charge in [0, 0.05) is 16.7 Å². The number of Topliss-reactive ketones (excluding diaryl/α,β-unsaturated/α-hetero) is 2. The van der Waals surface area contributed by atoms with Crippen molar-refractivity contribution >= 4 is 17.3 Å². The maximum atomic E-state index is 12.2. The summed E-state index contributed by atoms with van der Waals surface area (Å²) in [6, 6.07) is 6.75. The summed E-state index contributed by atoms with van der Waals surface area (Å²) in [5.41, 5.74) is 2.36. The first-order valence-electron chi connectivity index (χ1n) is 7.97. The van der Waals surface area contributed by atoms with E-state index in [4.69, 9.17) is 0 Å². The highest BCUT2D eigenvalue weighted by Gasteiger charge is 2.31.